The fourth-order valence-electron chi connectivity index (χ4n) is 0.770. The van der Waals surface area contributed by atoms with Crippen molar-refractivity contribution in [3.8, 4) is 6.07 Å². The summed E-state index contributed by atoms with van der Waals surface area (Å²) in [5, 5.41) is 17.7. The molecule has 0 fully saturated rings. The maximum Gasteiger partial charge on any atom is 0.162 e. The lowest BCUT2D eigenvalue weighted by Gasteiger charge is -2.03. The number of aliphatic hydroxyl groups is 1. The van der Waals surface area contributed by atoms with E-state index < -0.39 is 6.10 Å². The molecule has 1 N–H and O–H groups in total. The van der Waals surface area contributed by atoms with Crippen molar-refractivity contribution in [3.63, 3.8) is 0 Å². The molecule has 0 aliphatic rings. The molecule has 4 nitrogen and oxygen atoms in total. The Kier molecular flexibility index (Phi) is 2.36. The van der Waals surface area contributed by atoms with Gasteiger partial charge in [0.15, 0.2) is 5.69 Å². The molecule has 1 atom stereocenters. The highest BCUT2D eigenvalue weighted by molar-refractivity contribution is 5.25. The van der Waals surface area contributed by atoms with Crippen molar-refractivity contribution < 1.29 is 5.11 Å². The van der Waals surface area contributed by atoms with Gasteiger partial charge in [-0.1, -0.05) is 0 Å². The second-order valence-corrected chi connectivity index (χ2v) is 2.52. The highest BCUT2D eigenvalue weighted by Gasteiger charge is 2.06. The van der Waals surface area contributed by atoms with E-state index >= 15 is 0 Å². The summed E-state index contributed by atoms with van der Waals surface area (Å²) in [7, 11) is 0. The maximum absolute atomic E-state index is 9.12. The zero-order chi connectivity index (χ0) is 9.14. The highest BCUT2D eigenvalue weighted by Crippen LogP contribution is 2.09. The summed E-state index contributed by atoms with van der Waals surface area (Å²) in [6, 6.07) is 1.91. The molecule has 1 heterocycles. The topological polar surface area (TPSA) is 69.8 Å². The molecule has 62 valence electrons. The van der Waals surface area contributed by atoms with Gasteiger partial charge in [-0.15, -0.1) is 0 Å². The molecule has 0 aliphatic carbocycles. The first-order valence-electron chi connectivity index (χ1n) is 3.57. The minimum absolute atomic E-state index is 0.272. The van der Waals surface area contributed by atoms with Crippen molar-refractivity contribution in [1.29, 1.82) is 5.26 Å². The molecule has 1 rings (SSSR count). The number of hydrogen-bond donors (Lipinski definition) is 1. The van der Waals surface area contributed by atoms with Crippen molar-refractivity contribution in [2.45, 2.75) is 20.0 Å². The van der Waals surface area contributed by atoms with Crippen LogP contribution in [0.2, 0.25) is 0 Å². The standard InChI is InChI=1S/C8H9N3O/c1-5-7(3-9)11-8(4-10-5)6(2)12/h4,6,12H,1-2H3. The molecule has 0 radical (unpaired) electrons. The van der Waals surface area contributed by atoms with Crippen LogP contribution in [0.1, 0.15) is 30.1 Å². The zero-order valence-electron chi connectivity index (χ0n) is 6.94. The van der Waals surface area contributed by atoms with E-state index in [0.717, 1.165) is 0 Å². The molecule has 1 aromatic rings. The van der Waals surface area contributed by atoms with Gasteiger partial charge in [-0.2, -0.15) is 5.26 Å². The molecule has 0 amide bonds. The van der Waals surface area contributed by atoms with Crippen LogP contribution in [0.3, 0.4) is 0 Å². The summed E-state index contributed by atoms with van der Waals surface area (Å²) in [5.41, 5.74) is 1.28. The van der Waals surface area contributed by atoms with Crippen molar-refractivity contribution in [2.75, 3.05) is 0 Å². The first-order valence-corrected chi connectivity index (χ1v) is 3.57. The Morgan fingerprint density at radius 2 is 2.33 bits per heavy atom. The van der Waals surface area contributed by atoms with Crippen LogP contribution in [0.5, 0.6) is 0 Å². The van der Waals surface area contributed by atoms with Gasteiger partial charge in [-0.05, 0) is 13.8 Å². The Hall–Kier alpha value is -1.47. The van der Waals surface area contributed by atoms with Crippen LogP contribution in [-0.2, 0) is 0 Å². The van der Waals surface area contributed by atoms with E-state index in [1.807, 2.05) is 6.07 Å². The van der Waals surface area contributed by atoms with Crippen LogP contribution in [0.15, 0.2) is 6.20 Å². The second kappa shape index (κ2) is 3.28. The van der Waals surface area contributed by atoms with E-state index in [-0.39, 0.29) is 5.69 Å². The summed E-state index contributed by atoms with van der Waals surface area (Å²) < 4.78 is 0. The van der Waals surface area contributed by atoms with Crippen molar-refractivity contribution >= 4 is 0 Å². The lowest BCUT2D eigenvalue weighted by molar-refractivity contribution is 0.193. The third-order valence-corrected chi connectivity index (χ3v) is 1.51. The molecule has 1 unspecified atom stereocenters. The third kappa shape index (κ3) is 1.57. The van der Waals surface area contributed by atoms with Gasteiger partial charge < -0.3 is 5.11 Å². The van der Waals surface area contributed by atoms with Crippen LogP contribution in [0, 0.1) is 18.3 Å². The molecule has 12 heavy (non-hydrogen) atoms. The lowest BCUT2D eigenvalue weighted by atomic mass is 10.2. The molecule has 4 heteroatoms. The van der Waals surface area contributed by atoms with Crippen LogP contribution in [0.25, 0.3) is 0 Å². The molecule has 0 aliphatic heterocycles. The van der Waals surface area contributed by atoms with Crippen LogP contribution in [-0.4, -0.2) is 15.1 Å². The molecule has 0 aromatic carbocycles. The molecular formula is C8H9N3O. The lowest BCUT2D eigenvalue weighted by Crippen LogP contribution is -2.01. The van der Waals surface area contributed by atoms with Gasteiger partial charge in [0.05, 0.1) is 23.7 Å². The van der Waals surface area contributed by atoms with Gasteiger partial charge in [0, 0.05) is 0 Å². The minimum atomic E-state index is -0.676. The first kappa shape index (κ1) is 8.62. The van der Waals surface area contributed by atoms with Crippen molar-refractivity contribution in [2.24, 2.45) is 0 Å². The molecule has 0 spiro atoms. The van der Waals surface area contributed by atoms with Crippen LogP contribution >= 0.6 is 0 Å². The number of nitrogens with zero attached hydrogens (tertiary/aromatic N) is 3. The number of rotatable bonds is 1. The summed E-state index contributed by atoms with van der Waals surface area (Å²) in [6.45, 7) is 3.29. The Morgan fingerprint density at radius 3 is 2.83 bits per heavy atom. The second-order valence-electron chi connectivity index (χ2n) is 2.52. The third-order valence-electron chi connectivity index (χ3n) is 1.51. The molecule has 0 saturated carbocycles. The first-order chi connectivity index (χ1) is 5.65. The van der Waals surface area contributed by atoms with Crippen molar-refractivity contribution in [1.82, 2.24) is 9.97 Å². The summed E-state index contributed by atoms with van der Waals surface area (Å²) in [4.78, 5) is 7.84. The fraction of sp³-hybridized carbons (Fsp3) is 0.375. The average molecular weight is 163 g/mol. The Morgan fingerprint density at radius 1 is 1.67 bits per heavy atom. The summed E-state index contributed by atoms with van der Waals surface area (Å²) in [5.74, 6) is 0. The van der Waals surface area contributed by atoms with E-state index in [0.29, 0.717) is 11.4 Å². The van der Waals surface area contributed by atoms with Gasteiger partial charge in [0.2, 0.25) is 0 Å². The van der Waals surface area contributed by atoms with E-state index in [1.165, 1.54) is 6.20 Å². The number of hydrogen-bond acceptors (Lipinski definition) is 4. The molecular weight excluding hydrogens is 154 g/mol. The number of aliphatic hydroxyl groups excluding tert-OH is 1. The predicted molar refractivity (Wildman–Crippen MR) is 42.1 cm³/mol. The van der Waals surface area contributed by atoms with E-state index in [2.05, 4.69) is 9.97 Å². The van der Waals surface area contributed by atoms with Crippen LogP contribution in [0.4, 0.5) is 0 Å². The van der Waals surface area contributed by atoms with Gasteiger partial charge in [0.25, 0.3) is 0 Å². The van der Waals surface area contributed by atoms with Crippen molar-refractivity contribution in [3.05, 3.63) is 23.3 Å². The maximum atomic E-state index is 9.12. The monoisotopic (exact) mass is 163 g/mol. The molecule has 0 saturated heterocycles. The Bertz CT molecular complexity index is 328. The number of aryl methyl sites for hydroxylation is 1. The van der Waals surface area contributed by atoms with E-state index in [4.69, 9.17) is 10.4 Å². The molecule has 1 aromatic heterocycles. The zero-order valence-corrected chi connectivity index (χ0v) is 6.94. The molecule has 0 bridgehead atoms. The average Bonchev–Trinajstić information content (AvgIpc) is 2.05. The number of nitriles is 1. The minimum Gasteiger partial charge on any atom is -0.387 e. The predicted octanol–water partition coefficient (Wildman–Crippen LogP) is 0.710. The number of aromatic nitrogens is 2. The largest absolute Gasteiger partial charge is 0.387 e. The van der Waals surface area contributed by atoms with E-state index in [1.54, 1.807) is 13.8 Å². The summed E-state index contributed by atoms with van der Waals surface area (Å²) in [6.07, 6.45) is 0.797. The van der Waals surface area contributed by atoms with Crippen LogP contribution < -0.4 is 0 Å². The van der Waals surface area contributed by atoms with Gasteiger partial charge in [-0.3, -0.25) is 4.98 Å². The summed E-state index contributed by atoms with van der Waals surface area (Å²) >= 11 is 0. The highest BCUT2D eigenvalue weighted by atomic mass is 16.3. The Balaban J connectivity index is 3.16. The quantitative estimate of drug-likeness (QED) is 0.661. The Labute approximate surface area is 70.5 Å². The van der Waals surface area contributed by atoms with Gasteiger partial charge in [0.1, 0.15) is 6.07 Å². The SMILES string of the molecule is Cc1ncc(C(C)O)nc1C#N. The smallest absolute Gasteiger partial charge is 0.162 e. The van der Waals surface area contributed by atoms with Gasteiger partial charge in [-0.25, -0.2) is 4.98 Å². The van der Waals surface area contributed by atoms with Gasteiger partial charge >= 0.3 is 0 Å². The van der Waals surface area contributed by atoms with E-state index in [9.17, 15) is 0 Å². The fourth-order valence-corrected chi connectivity index (χ4v) is 0.770. The normalized spacial score (nSPS) is 12.2.